The summed E-state index contributed by atoms with van der Waals surface area (Å²) in [6, 6.07) is 0.0497. The van der Waals surface area contributed by atoms with Gasteiger partial charge in [-0.05, 0) is 26.9 Å². The van der Waals surface area contributed by atoms with Crippen molar-refractivity contribution >= 4 is 6.03 Å². The van der Waals surface area contributed by atoms with Gasteiger partial charge in [0.2, 0.25) is 0 Å². The highest BCUT2D eigenvalue weighted by atomic mass is 16.5. The molecule has 1 aliphatic rings. The first kappa shape index (κ1) is 13.3. The molecule has 94 valence electrons. The topological polar surface area (TPSA) is 44.8 Å². The molecule has 0 atom stereocenters. The number of ether oxygens (including phenoxy) is 1. The van der Waals surface area contributed by atoms with E-state index in [0.29, 0.717) is 19.8 Å². The summed E-state index contributed by atoms with van der Waals surface area (Å²) in [4.78, 5) is 15.5. The Morgan fingerprint density at radius 2 is 2.00 bits per heavy atom. The van der Waals surface area contributed by atoms with E-state index in [0.717, 1.165) is 32.5 Å². The Labute approximate surface area is 97.7 Å². The summed E-state index contributed by atoms with van der Waals surface area (Å²) in [5.41, 5.74) is 0. The van der Waals surface area contributed by atoms with Crippen molar-refractivity contribution in [1.29, 1.82) is 0 Å². The molecule has 0 aliphatic carbocycles. The zero-order chi connectivity index (χ0) is 11.8. The number of likely N-dealkylation sites (tertiary alicyclic amines) is 1. The van der Waals surface area contributed by atoms with Crippen molar-refractivity contribution in [2.45, 2.75) is 12.8 Å². The molecule has 0 radical (unpaired) electrons. The van der Waals surface area contributed by atoms with E-state index in [1.807, 2.05) is 19.0 Å². The number of nitrogens with one attached hydrogen (secondary N) is 1. The van der Waals surface area contributed by atoms with Crippen LogP contribution in [0.1, 0.15) is 12.8 Å². The monoisotopic (exact) mass is 229 g/mol. The summed E-state index contributed by atoms with van der Waals surface area (Å²) >= 11 is 0. The van der Waals surface area contributed by atoms with Gasteiger partial charge in [-0.3, -0.25) is 0 Å². The highest BCUT2D eigenvalue weighted by molar-refractivity contribution is 5.74. The Morgan fingerprint density at radius 3 is 2.62 bits per heavy atom. The zero-order valence-electron chi connectivity index (χ0n) is 10.4. The van der Waals surface area contributed by atoms with E-state index in [-0.39, 0.29) is 6.03 Å². The summed E-state index contributed by atoms with van der Waals surface area (Å²) in [6.45, 7) is 4.61. The van der Waals surface area contributed by atoms with Crippen molar-refractivity contribution in [3.63, 3.8) is 0 Å². The first-order valence-corrected chi connectivity index (χ1v) is 5.95. The van der Waals surface area contributed by atoms with Gasteiger partial charge in [0.1, 0.15) is 0 Å². The van der Waals surface area contributed by atoms with Crippen LogP contribution in [0.15, 0.2) is 0 Å². The van der Waals surface area contributed by atoms with Gasteiger partial charge in [-0.25, -0.2) is 4.79 Å². The minimum atomic E-state index is 0.0497. The molecule has 0 saturated carbocycles. The number of amides is 2. The molecule has 1 saturated heterocycles. The molecule has 5 heteroatoms. The number of rotatable bonds is 6. The molecule has 5 nitrogen and oxygen atoms in total. The van der Waals surface area contributed by atoms with Crippen molar-refractivity contribution in [3.05, 3.63) is 0 Å². The molecular weight excluding hydrogens is 206 g/mol. The molecule has 16 heavy (non-hydrogen) atoms. The van der Waals surface area contributed by atoms with Crippen LogP contribution in [0.4, 0.5) is 4.79 Å². The fourth-order valence-corrected chi connectivity index (χ4v) is 1.61. The minimum absolute atomic E-state index is 0.0497. The number of hydrogen-bond acceptors (Lipinski definition) is 3. The molecule has 0 aromatic rings. The highest BCUT2D eigenvalue weighted by Gasteiger charge is 2.16. The van der Waals surface area contributed by atoms with Gasteiger partial charge in [-0.2, -0.15) is 0 Å². The first-order valence-electron chi connectivity index (χ1n) is 5.95. The zero-order valence-corrected chi connectivity index (χ0v) is 10.4. The lowest BCUT2D eigenvalue weighted by molar-refractivity contribution is 0.118. The van der Waals surface area contributed by atoms with Gasteiger partial charge in [0.25, 0.3) is 0 Å². The van der Waals surface area contributed by atoms with Crippen molar-refractivity contribution < 1.29 is 9.53 Å². The van der Waals surface area contributed by atoms with Crippen molar-refractivity contribution in [3.8, 4) is 0 Å². The number of urea groups is 1. The second-order valence-corrected chi connectivity index (χ2v) is 4.34. The molecule has 0 aromatic heterocycles. The lowest BCUT2D eigenvalue weighted by Gasteiger charge is -2.16. The molecule has 1 fully saturated rings. The molecule has 1 heterocycles. The second-order valence-electron chi connectivity index (χ2n) is 4.34. The largest absolute Gasteiger partial charge is 0.378 e. The highest BCUT2D eigenvalue weighted by Crippen LogP contribution is 2.06. The van der Waals surface area contributed by atoms with Gasteiger partial charge in [0, 0.05) is 26.2 Å². The van der Waals surface area contributed by atoms with Crippen LogP contribution in [0, 0.1) is 0 Å². The van der Waals surface area contributed by atoms with E-state index in [1.54, 1.807) is 0 Å². The quantitative estimate of drug-likeness (QED) is 0.669. The summed E-state index contributed by atoms with van der Waals surface area (Å²) in [7, 11) is 4.02. The SMILES string of the molecule is CN(C)CCOCCNC(=O)N1CCCC1. The van der Waals surface area contributed by atoms with E-state index >= 15 is 0 Å². The third-order valence-corrected chi connectivity index (χ3v) is 2.60. The van der Waals surface area contributed by atoms with Crippen LogP contribution in [0.25, 0.3) is 0 Å². The molecule has 0 bridgehead atoms. The van der Waals surface area contributed by atoms with E-state index in [2.05, 4.69) is 10.2 Å². The van der Waals surface area contributed by atoms with Crippen LogP contribution in [0.3, 0.4) is 0 Å². The Bertz CT molecular complexity index is 203. The number of hydrogen-bond donors (Lipinski definition) is 1. The van der Waals surface area contributed by atoms with Crippen molar-refractivity contribution in [2.75, 3.05) is 53.5 Å². The van der Waals surface area contributed by atoms with Gasteiger partial charge >= 0.3 is 6.03 Å². The lowest BCUT2D eigenvalue weighted by Crippen LogP contribution is -2.39. The predicted molar refractivity (Wildman–Crippen MR) is 63.6 cm³/mol. The average Bonchev–Trinajstić information content (AvgIpc) is 2.75. The fourth-order valence-electron chi connectivity index (χ4n) is 1.61. The Morgan fingerprint density at radius 1 is 1.31 bits per heavy atom. The Balaban J connectivity index is 1.92. The number of nitrogens with zero attached hydrogens (tertiary/aromatic N) is 2. The molecule has 1 aliphatic heterocycles. The van der Waals surface area contributed by atoms with Gasteiger partial charge in [-0.15, -0.1) is 0 Å². The Hall–Kier alpha value is -0.810. The molecule has 0 unspecified atom stereocenters. The molecule has 2 amide bonds. The molecule has 1 rings (SSSR count). The van der Waals surface area contributed by atoms with E-state index in [1.165, 1.54) is 0 Å². The van der Waals surface area contributed by atoms with Gasteiger partial charge in [0.05, 0.1) is 13.2 Å². The van der Waals surface area contributed by atoms with Crippen LogP contribution >= 0.6 is 0 Å². The summed E-state index contributed by atoms with van der Waals surface area (Å²) < 4.78 is 5.38. The van der Waals surface area contributed by atoms with Gasteiger partial charge in [0.15, 0.2) is 0 Å². The van der Waals surface area contributed by atoms with Crippen molar-refractivity contribution in [2.24, 2.45) is 0 Å². The molecule has 1 N–H and O–H groups in total. The van der Waals surface area contributed by atoms with Crippen LogP contribution in [0.5, 0.6) is 0 Å². The maximum absolute atomic E-state index is 11.5. The molecule has 0 aromatic carbocycles. The molecule has 0 spiro atoms. The summed E-state index contributed by atoms with van der Waals surface area (Å²) in [6.07, 6.45) is 2.26. The van der Waals surface area contributed by atoms with Crippen LogP contribution in [-0.2, 0) is 4.74 Å². The Kier molecular flexibility index (Phi) is 6.18. The van der Waals surface area contributed by atoms with Crippen LogP contribution in [-0.4, -0.2) is 69.3 Å². The fraction of sp³-hybridized carbons (Fsp3) is 0.909. The summed E-state index contributed by atoms with van der Waals surface area (Å²) in [5.74, 6) is 0. The lowest BCUT2D eigenvalue weighted by atomic mass is 10.4. The van der Waals surface area contributed by atoms with Gasteiger partial charge in [-0.1, -0.05) is 0 Å². The van der Waals surface area contributed by atoms with E-state index in [9.17, 15) is 4.79 Å². The standard InChI is InChI=1S/C11H23N3O2/c1-13(2)8-10-16-9-5-12-11(15)14-6-3-4-7-14/h3-10H2,1-2H3,(H,12,15). The number of carbonyl (C=O) groups excluding carboxylic acids is 1. The smallest absolute Gasteiger partial charge is 0.317 e. The number of carbonyl (C=O) groups is 1. The summed E-state index contributed by atoms with van der Waals surface area (Å²) in [5, 5.41) is 2.86. The number of likely N-dealkylation sites (N-methyl/N-ethyl adjacent to an activating group) is 1. The van der Waals surface area contributed by atoms with Crippen molar-refractivity contribution in [1.82, 2.24) is 15.1 Å². The third-order valence-electron chi connectivity index (χ3n) is 2.60. The average molecular weight is 229 g/mol. The second kappa shape index (κ2) is 7.46. The maximum Gasteiger partial charge on any atom is 0.317 e. The van der Waals surface area contributed by atoms with Crippen LogP contribution in [0.2, 0.25) is 0 Å². The molecular formula is C11H23N3O2. The van der Waals surface area contributed by atoms with E-state index < -0.39 is 0 Å². The van der Waals surface area contributed by atoms with Gasteiger partial charge < -0.3 is 19.9 Å². The predicted octanol–water partition coefficient (Wildman–Crippen LogP) is 0.370. The normalized spacial score (nSPS) is 15.8. The maximum atomic E-state index is 11.5. The van der Waals surface area contributed by atoms with Crippen LogP contribution < -0.4 is 5.32 Å². The first-order chi connectivity index (χ1) is 7.70. The van der Waals surface area contributed by atoms with E-state index in [4.69, 9.17) is 4.74 Å². The minimum Gasteiger partial charge on any atom is -0.378 e. The third kappa shape index (κ3) is 5.32.